The van der Waals surface area contributed by atoms with Crippen molar-refractivity contribution in [3.8, 4) is 0 Å². The highest BCUT2D eigenvalue weighted by molar-refractivity contribution is 5.94. The molecule has 0 bridgehead atoms. The number of carbonyl (C=O) groups is 1. The number of benzene rings is 1. The lowest BCUT2D eigenvalue weighted by atomic mass is 10.1. The first-order valence-corrected chi connectivity index (χ1v) is 3.49. The van der Waals surface area contributed by atoms with E-state index >= 15 is 0 Å². The van der Waals surface area contributed by atoms with E-state index in [1.54, 1.807) is 0 Å². The van der Waals surface area contributed by atoms with Gasteiger partial charge in [0.15, 0.2) is 5.78 Å². The Hall–Kier alpha value is -1.25. The van der Waals surface area contributed by atoms with Gasteiger partial charge in [0.2, 0.25) is 0 Å². The molecule has 0 aliphatic carbocycles. The molecule has 0 fully saturated rings. The minimum atomic E-state index is -0.762. The minimum absolute atomic E-state index is 0.0612. The molecule has 0 heterocycles. The third-order valence-electron chi connectivity index (χ3n) is 1.70. The smallest absolute Gasteiger partial charge is 0.162 e. The fraction of sp³-hybridized carbons (Fsp3) is 0.222. The van der Waals surface area contributed by atoms with Crippen LogP contribution in [-0.4, -0.2) is 5.78 Å². The lowest BCUT2D eigenvalue weighted by molar-refractivity contribution is 0.101. The lowest BCUT2D eigenvalue weighted by Gasteiger charge is -2.02. The van der Waals surface area contributed by atoms with Gasteiger partial charge in [0, 0.05) is 5.56 Å². The second-order valence-electron chi connectivity index (χ2n) is 2.59. The Bertz CT molecular complexity index is 332. The van der Waals surface area contributed by atoms with Crippen molar-refractivity contribution in [1.29, 1.82) is 0 Å². The zero-order valence-electron chi connectivity index (χ0n) is 6.82. The van der Waals surface area contributed by atoms with Gasteiger partial charge in [-0.3, -0.25) is 4.79 Å². The Morgan fingerprint density at radius 2 is 1.92 bits per heavy atom. The average molecular weight is 170 g/mol. The summed E-state index contributed by atoms with van der Waals surface area (Å²) >= 11 is 0. The van der Waals surface area contributed by atoms with Crippen LogP contribution in [0.15, 0.2) is 12.1 Å². The number of carbonyl (C=O) groups excluding carboxylic acids is 1. The van der Waals surface area contributed by atoms with Gasteiger partial charge in [-0.15, -0.1) is 0 Å². The summed E-state index contributed by atoms with van der Waals surface area (Å²) in [6.07, 6.45) is 0. The van der Waals surface area contributed by atoms with E-state index in [2.05, 4.69) is 0 Å². The summed E-state index contributed by atoms with van der Waals surface area (Å²) in [6.45, 7) is 2.55. The third-order valence-corrected chi connectivity index (χ3v) is 1.70. The molecular formula is C9H8F2O. The molecule has 0 amide bonds. The minimum Gasteiger partial charge on any atom is -0.294 e. The molecule has 0 atom stereocenters. The second kappa shape index (κ2) is 3.01. The highest BCUT2D eigenvalue weighted by Gasteiger charge is 2.11. The summed E-state index contributed by atoms with van der Waals surface area (Å²) < 4.78 is 25.7. The molecule has 1 aromatic rings. The van der Waals surface area contributed by atoms with Crippen molar-refractivity contribution < 1.29 is 13.6 Å². The number of hydrogen-bond donors (Lipinski definition) is 0. The summed E-state index contributed by atoms with van der Waals surface area (Å²) in [7, 11) is 0. The number of rotatable bonds is 1. The molecule has 1 aromatic carbocycles. The summed E-state index contributed by atoms with van der Waals surface area (Å²) in [5.74, 6) is -1.78. The van der Waals surface area contributed by atoms with E-state index in [-0.39, 0.29) is 11.1 Å². The van der Waals surface area contributed by atoms with Crippen LogP contribution in [0.3, 0.4) is 0 Å². The number of Topliss-reactive ketones (excluding diaryl/α,β-unsaturated/α-hetero) is 1. The number of ketones is 1. The topological polar surface area (TPSA) is 17.1 Å². The molecular weight excluding hydrogens is 162 g/mol. The number of halogens is 2. The van der Waals surface area contributed by atoms with E-state index in [0.29, 0.717) is 0 Å². The molecule has 0 aromatic heterocycles. The molecule has 0 radical (unpaired) electrons. The van der Waals surface area contributed by atoms with Crippen LogP contribution >= 0.6 is 0 Å². The maximum Gasteiger partial charge on any atom is 0.162 e. The third kappa shape index (κ3) is 1.35. The Morgan fingerprint density at radius 1 is 1.33 bits per heavy atom. The van der Waals surface area contributed by atoms with Gasteiger partial charge in [0.05, 0.1) is 5.56 Å². The summed E-state index contributed by atoms with van der Waals surface area (Å²) in [4.78, 5) is 10.8. The summed E-state index contributed by atoms with van der Waals surface area (Å²) in [5.41, 5.74) is -0.170. The van der Waals surface area contributed by atoms with Gasteiger partial charge in [0.1, 0.15) is 11.6 Å². The SMILES string of the molecule is CC(=O)c1ccc(F)c(C)c1F. The first-order valence-electron chi connectivity index (χ1n) is 3.49. The van der Waals surface area contributed by atoms with Crippen molar-refractivity contribution >= 4 is 5.78 Å². The molecule has 0 saturated carbocycles. The fourth-order valence-electron chi connectivity index (χ4n) is 0.933. The van der Waals surface area contributed by atoms with Crippen LogP contribution in [0.2, 0.25) is 0 Å². The number of hydrogen-bond acceptors (Lipinski definition) is 1. The van der Waals surface area contributed by atoms with E-state index in [9.17, 15) is 13.6 Å². The standard InChI is InChI=1S/C9H8F2O/c1-5-8(10)4-3-7(6(2)12)9(5)11/h3-4H,1-2H3. The average Bonchev–Trinajstić information content (AvgIpc) is 2.00. The van der Waals surface area contributed by atoms with Gasteiger partial charge in [-0.2, -0.15) is 0 Å². The van der Waals surface area contributed by atoms with E-state index in [1.807, 2.05) is 0 Å². The van der Waals surface area contributed by atoms with Crippen LogP contribution in [0.25, 0.3) is 0 Å². The monoisotopic (exact) mass is 170 g/mol. The van der Waals surface area contributed by atoms with Gasteiger partial charge >= 0.3 is 0 Å². The Morgan fingerprint density at radius 3 is 2.42 bits per heavy atom. The van der Waals surface area contributed by atoms with E-state index < -0.39 is 17.4 Å². The molecule has 1 nitrogen and oxygen atoms in total. The molecule has 0 spiro atoms. The van der Waals surface area contributed by atoms with Crippen molar-refractivity contribution in [2.45, 2.75) is 13.8 Å². The zero-order valence-corrected chi connectivity index (χ0v) is 6.82. The molecule has 3 heteroatoms. The summed E-state index contributed by atoms with van der Waals surface area (Å²) in [6, 6.07) is 2.25. The van der Waals surface area contributed by atoms with Crippen LogP contribution in [-0.2, 0) is 0 Å². The molecule has 1 rings (SSSR count). The molecule has 0 aliphatic rings. The second-order valence-corrected chi connectivity index (χ2v) is 2.59. The van der Waals surface area contributed by atoms with Gasteiger partial charge in [0.25, 0.3) is 0 Å². The highest BCUT2D eigenvalue weighted by atomic mass is 19.1. The maximum absolute atomic E-state index is 13.1. The predicted molar refractivity (Wildman–Crippen MR) is 41.1 cm³/mol. The highest BCUT2D eigenvalue weighted by Crippen LogP contribution is 2.15. The van der Waals surface area contributed by atoms with Gasteiger partial charge in [-0.1, -0.05) is 0 Å². The molecule has 0 aliphatic heterocycles. The first kappa shape index (κ1) is 8.84. The Kier molecular flexibility index (Phi) is 2.22. The van der Waals surface area contributed by atoms with Crippen LogP contribution < -0.4 is 0 Å². The van der Waals surface area contributed by atoms with Crippen LogP contribution in [0, 0.1) is 18.6 Å². The lowest BCUT2D eigenvalue weighted by Crippen LogP contribution is -2.00. The van der Waals surface area contributed by atoms with Crippen LogP contribution in [0.5, 0.6) is 0 Å². The fourth-order valence-corrected chi connectivity index (χ4v) is 0.933. The largest absolute Gasteiger partial charge is 0.294 e. The zero-order chi connectivity index (χ0) is 9.30. The molecule has 0 saturated heterocycles. The quantitative estimate of drug-likeness (QED) is 0.592. The molecule has 12 heavy (non-hydrogen) atoms. The normalized spacial score (nSPS) is 10.0. The van der Waals surface area contributed by atoms with Crippen molar-refractivity contribution in [2.75, 3.05) is 0 Å². The van der Waals surface area contributed by atoms with Crippen molar-refractivity contribution in [3.05, 3.63) is 34.9 Å². The van der Waals surface area contributed by atoms with Gasteiger partial charge in [-0.25, -0.2) is 8.78 Å². The van der Waals surface area contributed by atoms with E-state index in [1.165, 1.54) is 13.8 Å². The van der Waals surface area contributed by atoms with Crippen molar-refractivity contribution in [3.63, 3.8) is 0 Å². The Labute approximate surface area is 69.0 Å². The van der Waals surface area contributed by atoms with Crippen LogP contribution in [0.1, 0.15) is 22.8 Å². The molecule has 64 valence electrons. The predicted octanol–water partition coefficient (Wildman–Crippen LogP) is 2.48. The molecule has 0 unspecified atom stereocenters. The van der Waals surface area contributed by atoms with E-state index in [4.69, 9.17) is 0 Å². The van der Waals surface area contributed by atoms with Crippen molar-refractivity contribution in [2.24, 2.45) is 0 Å². The van der Waals surface area contributed by atoms with Gasteiger partial charge < -0.3 is 0 Å². The summed E-state index contributed by atoms with van der Waals surface area (Å²) in [5, 5.41) is 0. The maximum atomic E-state index is 13.1. The van der Waals surface area contributed by atoms with Crippen molar-refractivity contribution in [1.82, 2.24) is 0 Å². The van der Waals surface area contributed by atoms with E-state index in [0.717, 1.165) is 12.1 Å². The Balaban J connectivity index is 3.36. The van der Waals surface area contributed by atoms with Gasteiger partial charge in [-0.05, 0) is 26.0 Å². The molecule has 0 N–H and O–H groups in total. The first-order chi connectivity index (χ1) is 5.54. The van der Waals surface area contributed by atoms with Crippen LogP contribution in [0.4, 0.5) is 8.78 Å².